The number of nitrogen functional groups attached to an aromatic ring is 1. The van der Waals surface area contributed by atoms with Crippen molar-refractivity contribution in [2.75, 3.05) is 32.2 Å². The monoisotopic (exact) mass is 532 g/mol. The smallest absolute Gasteiger partial charge is 0.281 e. The van der Waals surface area contributed by atoms with E-state index in [2.05, 4.69) is 9.97 Å². The van der Waals surface area contributed by atoms with Gasteiger partial charge in [-0.05, 0) is 49.2 Å². The number of sulfonamides is 1. The average Bonchev–Trinajstić information content (AvgIpc) is 2.84. The molecule has 198 valence electrons. The van der Waals surface area contributed by atoms with Crippen LogP contribution in [0.4, 0.5) is 10.2 Å². The van der Waals surface area contributed by atoms with Crippen LogP contribution in [0.5, 0.6) is 11.6 Å². The molecule has 3 N–H and O–H groups in total. The first-order chi connectivity index (χ1) is 17.6. The molecule has 0 aliphatic rings. The molecule has 0 aliphatic heterocycles. The van der Waals surface area contributed by atoms with E-state index in [-0.39, 0.29) is 42.1 Å². The van der Waals surface area contributed by atoms with Gasteiger partial charge in [0.1, 0.15) is 29.6 Å². The summed E-state index contributed by atoms with van der Waals surface area (Å²) in [6.45, 7) is 6.87. The normalized spacial score (nSPS) is 11.4. The molecule has 0 aliphatic carbocycles. The molecule has 0 saturated carbocycles. The van der Waals surface area contributed by atoms with Crippen LogP contribution >= 0.6 is 0 Å². The maximum atomic E-state index is 14.3. The zero-order valence-electron chi connectivity index (χ0n) is 20.7. The van der Waals surface area contributed by atoms with Crippen molar-refractivity contribution in [3.8, 4) is 22.9 Å². The molecule has 0 bridgehead atoms. The van der Waals surface area contributed by atoms with Crippen molar-refractivity contribution in [1.29, 1.82) is 0 Å². The second-order valence-corrected chi connectivity index (χ2v) is 9.94. The Bertz CT molecular complexity index is 1350. The quantitative estimate of drug-likeness (QED) is 0.335. The van der Waals surface area contributed by atoms with Crippen LogP contribution in [0.15, 0.2) is 53.6 Å². The van der Waals surface area contributed by atoms with Gasteiger partial charge in [0.2, 0.25) is 5.88 Å². The van der Waals surface area contributed by atoms with E-state index in [9.17, 15) is 17.6 Å². The van der Waals surface area contributed by atoms with Gasteiger partial charge in [-0.1, -0.05) is 19.9 Å². The van der Waals surface area contributed by atoms with Crippen molar-refractivity contribution in [3.05, 3.63) is 59.9 Å². The molecule has 0 radical (unpaired) electrons. The maximum absolute atomic E-state index is 14.3. The molecule has 0 saturated heterocycles. The van der Waals surface area contributed by atoms with E-state index in [1.54, 1.807) is 6.07 Å². The van der Waals surface area contributed by atoms with E-state index >= 15 is 0 Å². The molecule has 0 unspecified atom stereocenters. The molecule has 12 heteroatoms. The van der Waals surface area contributed by atoms with Crippen LogP contribution in [-0.2, 0) is 14.8 Å². The molecule has 0 spiro atoms. The second-order valence-electron chi connectivity index (χ2n) is 8.31. The first-order valence-corrected chi connectivity index (χ1v) is 13.0. The fourth-order valence-electron chi connectivity index (χ4n) is 3.09. The van der Waals surface area contributed by atoms with E-state index in [4.69, 9.17) is 19.9 Å². The number of anilines is 1. The first kappa shape index (κ1) is 27.8. The van der Waals surface area contributed by atoms with Gasteiger partial charge >= 0.3 is 0 Å². The van der Waals surface area contributed by atoms with Crippen molar-refractivity contribution in [3.63, 3.8) is 0 Å². The van der Waals surface area contributed by atoms with E-state index in [1.807, 2.05) is 25.5 Å². The van der Waals surface area contributed by atoms with E-state index in [0.29, 0.717) is 24.5 Å². The lowest BCUT2D eigenvalue weighted by atomic mass is 10.1. The summed E-state index contributed by atoms with van der Waals surface area (Å²) >= 11 is 0. The summed E-state index contributed by atoms with van der Waals surface area (Å²) in [7, 11) is -4.33. The topological polar surface area (TPSA) is 143 Å². The summed E-state index contributed by atoms with van der Waals surface area (Å²) in [5, 5.41) is -0.419. The number of ether oxygens (including phenoxy) is 3. The largest absolute Gasteiger partial charge is 0.493 e. The Balaban J connectivity index is 1.93. The Hall–Kier alpha value is -3.77. The van der Waals surface area contributed by atoms with Crippen molar-refractivity contribution >= 4 is 21.7 Å². The standard InChI is InChI=1S/C25H29FN4O6S/c1-4-34-10-11-35-25-20(24(31)30-37(32,33)23-7-5-6-22(27)29-23)8-9-21(28-25)17-12-18(26)14-19(13-17)36-15-16(2)3/h5-9,12-14,16H,4,10-11,15H2,1-3H3,(H2,27,29)(H,30,31). The highest BCUT2D eigenvalue weighted by Gasteiger charge is 2.24. The number of nitrogens with two attached hydrogens (primary N) is 1. The van der Waals surface area contributed by atoms with Crippen LogP contribution in [0.2, 0.25) is 0 Å². The minimum absolute atomic E-state index is 0.0203. The van der Waals surface area contributed by atoms with Gasteiger partial charge in [-0.2, -0.15) is 8.42 Å². The number of rotatable bonds is 12. The third-order valence-corrected chi connectivity index (χ3v) is 6.01. The van der Waals surface area contributed by atoms with Crippen LogP contribution in [-0.4, -0.2) is 50.7 Å². The van der Waals surface area contributed by atoms with Crippen LogP contribution in [0.3, 0.4) is 0 Å². The molecule has 1 aromatic carbocycles. The molecule has 1 amide bonds. The Labute approximate surface area is 215 Å². The van der Waals surface area contributed by atoms with E-state index in [1.165, 1.54) is 42.5 Å². The Morgan fingerprint density at radius 1 is 1.08 bits per heavy atom. The third-order valence-electron chi connectivity index (χ3n) is 4.77. The van der Waals surface area contributed by atoms with Crippen molar-refractivity contribution in [2.45, 2.75) is 25.8 Å². The Kier molecular flexibility index (Phi) is 9.36. The molecule has 0 fully saturated rings. The highest BCUT2D eigenvalue weighted by molar-refractivity contribution is 7.90. The number of aromatic nitrogens is 2. The molecule has 37 heavy (non-hydrogen) atoms. The van der Waals surface area contributed by atoms with Gasteiger partial charge < -0.3 is 19.9 Å². The number of hydrogen-bond acceptors (Lipinski definition) is 9. The number of nitrogens with one attached hydrogen (secondary N) is 1. The number of pyridine rings is 2. The van der Waals surface area contributed by atoms with E-state index < -0.39 is 26.8 Å². The van der Waals surface area contributed by atoms with Crippen LogP contribution in [0.1, 0.15) is 31.1 Å². The van der Waals surface area contributed by atoms with Gasteiger partial charge in [-0.25, -0.2) is 19.1 Å². The van der Waals surface area contributed by atoms with Gasteiger partial charge in [-0.15, -0.1) is 0 Å². The van der Waals surface area contributed by atoms with Crippen LogP contribution < -0.4 is 19.9 Å². The number of nitrogens with zero attached hydrogens (tertiary/aromatic N) is 2. The summed E-state index contributed by atoms with van der Waals surface area (Å²) in [6, 6.07) is 11.0. The summed E-state index contributed by atoms with van der Waals surface area (Å²) in [5.74, 6) is -1.12. The van der Waals surface area contributed by atoms with Gasteiger partial charge in [0.25, 0.3) is 15.9 Å². The number of benzene rings is 1. The lowest BCUT2D eigenvalue weighted by Gasteiger charge is -2.14. The van der Waals surface area contributed by atoms with E-state index in [0.717, 1.165) is 0 Å². The second kappa shape index (κ2) is 12.5. The summed E-state index contributed by atoms with van der Waals surface area (Å²) < 4.78 is 58.1. The number of amides is 1. The SMILES string of the molecule is CCOCCOc1nc(-c2cc(F)cc(OCC(C)C)c2)ccc1C(=O)NS(=O)(=O)c1cccc(N)n1. The minimum Gasteiger partial charge on any atom is -0.493 e. The zero-order valence-corrected chi connectivity index (χ0v) is 21.5. The number of hydrogen-bond donors (Lipinski definition) is 2. The Morgan fingerprint density at radius 2 is 1.86 bits per heavy atom. The van der Waals surface area contributed by atoms with Gasteiger partial charge in [-0.3, -0.25) is 4.79 Å². The predicted molar refractivity (Wildman–Crippen MR) is 135 cm³/mol. The molecule has 3 rings (SSSR count). The lowest BCUT2D eigenvalue weighted by Crippen LogP contribution is -2.32. The molecule has 0 atom stereocenters. The maximum Gasteiger partial charge on any atom is 0.281 e. The lowest BCUT2D eigenvalue weighted by molar-refractivity contribution is 0.0957. The van der Waals surface area contributed by atoms with Gasteiger partial charge in [0.05, 0.1) is 18.9 Å². The minimum atomic E-state index is -4.33. The average molecular weight is 533 g/mol. The van der Waals surface area contributed by atoms with Crippen molar-refractivity contribution in [2.24, 2.45) is 5.92 Å². The fourth-order valence-corrected chi connectivity index (χ4v) is 4.03. The molecule has 2 aromatic heterocycles. The third kappa shape index (κ3) is 7.86. The van der Waals surface area contributed by atoms with Gasteiger partial charge in [0, 0.05) is 18.2 Å². The Morgan fingerprint density at radius 3 is 2.57 bits per heavy atom. The number of carbonyl (C=O) groups excluding carboxylic acids is 1. The molecule has 3 aromatic rings. The molecule has 2 heterocycles. The van der Waals surface area contributed by atoms with Crippen molar-refractivity contribution < 1.29 is 31.8 Å². The van der Waals surface area contributed by atoms with Crippen LogP contribution in [0.25, 0.3) is 11.3 Å². The van der Waals surface area contributed by atoms with Gasteiger partial charge in [0.15, 0.2) is 5.03 Å². The summed E-state index contributed by atoms with van der Waals surface area (Å²) in [4.78, 5) is 21.1. The fraction of sp³-hybridized carbons (Fsp3) is 0.320. The van der Waals surface area contributed by atoms with Crippen LogP contribution in [0, 0.1) is 11.7 Å². The highest BCUT2D eigenvalue weighted by Crippen LogP contribution is 2.28. The first-order valence-electron chi connectivity index (χ1n) is 11.5. The summed E-state index contributed by atoms with van der Waals surface area (Å²) in [6.07, 6.45) is 0. The highest BCUT2D eigenvalue weighted by atomic mass is 32.2. The summed E-state index contributed by atoms with van der Waals surface area (Å²) in [5.41, 5.74) is 6.08. The predicted octanol–water partition coefficient (Wildman–Crippen LogP) is 3.43. The van der Waals surface area contributed by atoms with Crippen molar-refractivity contribution in [1.82, 2.24) is 14.7 Å². The number of carbonyl (C=O) groups is 1. The zero-order chi connectivity index (χ0) is 27.0. The molecule has 10 nitrogen and oxygen atoms in total. The molecular weight excluding hydrogens is 503 g/mol. The molecular formula is C25H29FN4O6S. The number of halogens is 1.